The van der Waals surface area contributed by atoms with E-state index < -0.39 is 28.1 Å². The van der Waals surface area contributed by atoms with Crippen LogP contribution >= 0.6 is 0 Å². The second-order valence-electron chi connectivity index (χ2n) is 12.7. The Morgan fingerprint density at radius 1 is 0.778 bits per heavy atom. The normalized spacial score (nSPS) is 11.0. The monoisotopic (exact) mass is 741 g/mol. The van der Waals surface area contributed by atoms with Gasteiger partial charge in [0.05, 0.1) is 45.9 Å². The predicted molar refractivity (Wildman–Crippen MR) is 200 cm³/mol. The van der Waals surface area contributed by atoms with Crippen molar-refractivity contribution in [2.45, 2.75) is 33.0 Å². The molecule has 15 nitrogen and oxygen atoms in total. The number of non-ortho nitro benzene ring substituents is 1. The van der Waals surface area contributed by atoms with Crippen LogP contribution in [0.25, 0.3) is 27.6 Å². The zero-order valence-corrected chi connectivity index (χ0v) is 30.9. The third-order valence-electron chi connectivity index (χ3n) is 8.11. The summed E-state index contributed by atoms with van der Waals surface area (Å²) in [7, 11) is 6.98. The molecule has 0 bridgehead atoms. The van der Waals surface area contributed by atoms with Gasteiger partial charge in [-0.25, -0.2) is 9.59 Å². The lowest BCUT2D eigenvalue weighted by atomic mass is 9.95. The van der Waals surface area contributed by atoms with Crippen LogP contribution in [0, 0.1) is 10.1 Å². The van der Waals surface area contributed by atoms with Crippen LogP contribution in [0.2, 0.25) is 0 Å². The number of carbonyl (C=O) groups excluding carboxylic acids is 2. The van der Waals surface area contributed by atoms with Crippen LogP contribution in [0.3, 0.4) is 0 Å². The van der Waals surface area contributed by atoms with Crippen LogP contribution < -0.4 is 34.6 Å². The molecule has 0 atom stereocenters. The number of rotatable bonds is 12. The van der Waals surface area contributed by atoms with Gasteiger partial charge in [0, 0.05) is 34.5 Å². The van der Waals surface area contributed by atoms with Gasteiger partial charge in [-0.15, -0.1) is 0 Å². The first kappa shape index (κ1) is 38.5. The summed E-state index contributed by atoms with van der Waals surface area (Å²) in [5.41, 5.74) is 0.356. The van der Waals surface area contributed by atoms with E-state index in [2.05, 4.69) is 5.32 Å². The Morgan fingerprint density at radius 3 is 1.89 bits per heavy atom. The smallest absolute Gasteiger partial charge is 0.412 e. The van der Waals surface area contributed by atoms with Crippen LogP contribution in [0.15, 0.2) is 77.6 Å². The quantitative estimate of drug-likeness (QED) is 0.0768. The average molecular weight is 742 g/mol. The number of hydrogen-bond donors (Lipinski definition) is 1. The van der Waals surface area contributed by atoms with Crippen molar-refractivity contribution in [2.75, 3.05) is 40.9 Å². The summed E-state index contributed by atoms with van der Waals surface area (Å²) in [4.78, 5) is 51.7. The van der Waals surface area contributed by atoms with Crippen molar-refractivity contribution in [3.63, 3.8) is 0 Å². The van der Waals surface area contributed by atoms with Gasteiger partial charge < -0.3 is 33.2 Å². The average Bonchev–Trinajstić information content (AvgIpc) is 3.15. The lowest BCUT2D eigenvalue weighted by molar-refractivity contribution is -0.384. The molecule has 0 saturated carbocycles. The fraction of sp³-hybridized carbons (Fsp3) is 0.256. The number of nitrogens with zero attached hydrogens (tertiary/aromatic N) is 2. The number of benzene rings is 4. The second kappa shape index (κ2) is 15.9. The number of ether oxygens (including phenoxy) is 7. The molecule has 4 aromatic carbocycles. The van der Waals surface area contributed by atoms with Crippen LogP contribution in [0.4, 0.5) is 16.2 Å². The highest BCUT2D eigenvalue weighted by molar-refractivity contribution is 6.08. The lowest BCUT2D eigenvalue weighted by Crippen LogP contribution is -2.27. The first-order valence-electron chi connectivity index (χ1n) is 16.4. The molecule has 0 aliphatic rings. The Labute approximate surface area is 310 Å². The topological polar surface area (TPSA) is 176 Å². The number of hydrogen-bond acceptors (Lipinski definition) is 12. The molecule has 0 fully saturated rings. The molecule has 5 aromatic rings. The van der Waals surface area contributed by atoms with E-state index in [-0.39, 0.29) is 57.6 Å². The maximum Gasteiger partial charge on any atom is 0.412 e. The van der Waals surface area contributed by atoms with Crippen LogP contribution in [0.1, 0.15) is 36.8 Å². The van der Waals surface area contributed by atoms with Crippen LogP contribution in [-0.2, 0) is 16.1 Å². The molecule has 1 amide bonds. The largest absolute Gasteiger partial charge is 0.493 e. The minimum atomic E-state index is -0.842. The van der Waals surface area contributed by atoms with Crippen LogP contribution in [-0.4, -0.2) is 62.7 Å². The SMILES string of the molecule is COC(=O)c1c(-c2cc(OC)c(OC)c(OC)c2)c2cc(OC)c(OCc3ccc([N+](=O)[O-])cc3)cc2c(=O)n1-c1ccc(NC(=O)OC(C)(C)C)cc1. The van der Waals surface area contributed by atoms with Crippen LogP contribution in [0.5, 0.6) is 28.7 Å². The van der Waals surface area contributed by atoms with E-state index in [9.17, 15) is 24.5 Å². The molecule has 0 unspecified atom stereocenters. The van der Waals surface area contributed by atoms with Crippen molar-refractivity contribution in [3.8, 4) is 45.6 Å². The third kappa shape index (κ3) is 7.99. The number of nitrogens with one attached hydrogen (secondary N) is 1. The fourth-order valence-corrected chi connectivity index (χ4v) is 5.72. The number of nitro groups is 1. The Hall–Kier alpha value is -6.77. The van der Waals surface area contributed by atoms with E-state index in [1.807, 2.05) is 0 Å². The van der Waals surface area contributed by atoms with Gasteiger partial charge >= 0.3 is 12.1 Å². The molecule has 1 aromatic heterocycles. The van der Waals surface area contributed by atoms with E-state index in [4.69, 9.17) is 33.2 Å². The maximum absolute atomic E-state index is 14.7. The summed E-state index contributed by atoms with van der Waals surface area (Å²) < 4.78 is 40.5. The number of pyridine rings is 1. The molecule has 5 rings (SSSR count). The van der Waals surface area contributed by atoms with E-state index in [1.54, 1.807) is 75.4 Å². The van der Waals surface area contributed by atoms with Gasteiger partial charge in [-0.1, -0.05) is 0 Å². The van der Waals surface area contributed by atoms with Gasteiger partial charge in [0.15, 0.2) is 23.0 Å². The highest BCUT2D eigenvalue weighted by Gasteiger charge is 2.28. The molecule has 1 heterocycles. The Morgan fingerprint density at radius 2 is 1.37 bits per heavy atom. The van der Waals surface area contributed by atoms with E-state index >= 15 is 0 Å². The molecule has 1 N–H and O–H groups in total. The number of nitro benzene ring substituents is 1. The number of methoxy groups -OCH3 is 5. The first-order valence-corrected chi connectivity index (χ1v) is 16.4. The van der Waals surface area contributed by atoms with Crippen molar-refractivity contribution in [1.82, 2.24) is 4.57 Å². The van der Waals surface area contributed by atoms with E-state index in [1.165, 1.54) is 58.3 Å². The van der Waals surface area contributed by atoms with Gasteiger partial charge in [-0.3, -0.25) is 24.8 Å². The van der Waals surface area contributed by atoms with Crippen molar-refractivity contribution >= 4 is 34.2 Å². The molecule has 0 spiro atoms. The van der Waals surface area contributed by atoms with Gasteiger partial charge in [0.25, 0.3) is 11.2 Å². The highest BCUT2D eigenvalue weighted by Crippen LogP contribution is 2.45. The van der Waals surface area contributed by atoms with Crippen molar-refractivity contribution < 1.29 is 47.7 Å². The standard InChI is InChI=1S/C39H39N3O12/c1-39(2,3)54-38(45)40-24-11-15-25(16-12-24)41-34(37(44)52-8)33(23-17-31(49-5)35(51-7)32(18-23)50-6)27-19-29(48-4)30(20-28(27)36(41)43)53-21-22-9-13-26(14-10-22)42(46)47/h9-20H,21H2,1-8H3,(H,40,45). The first-order chi connectivity index (χ1) is 25.7. The zero-order valence-electron chi connectivity index (χ0n) is 30.9. The fourth-order valence-electron chi connectivity index (χ4n) is 5.72. The zero-order chi connectivity index (χ0) is 39.3. The minimum Gasteiger partial charge on any atom is -0.493 e. The van der Waals surface area contributed by atoms with Gasteiger partial charge in [-0.2, -0.15) is 0 Å². The van der Waals surface area contributed by atoms with E-state index in [0.29, 0.717) is 28.0 Å². The maximum atomic E-state index is 14.7. The molecule has 0 saturated heterocycles. The summed E-state index contributed by atoms with van der Waals surface area (Å²) in [6.07, 6.45) is -0.673. The highest BCUT2D eigenvalue weighted by atomic mass is 16.6. The summed E-state index contributed by atoms with van der Waals surface area (Å²) in [6.45, 7) is 5.20. The van der Waals surface area contributed by atoms with Crippen molar-refractivity contribution in [2.24, 2.45) is 0 Å². The molecule has 0 aliphatic carbocycles. The molecular weight excluding hydrogens is 702 g/mol. The van der Waals surface area contributed by atoms with E-state index in [0.717, 1.165) is 0 Å². The molecule has 0 aliphatic heterocycles. The number of carbonyl (C=O) groups is 2. The van der Waals surface area contributed by atoms with Gasteiger partial charge in [0.2, 0.25) is 5.75 Å². The van der Waals surface area contributed by atoms with Gasteiger partial charge in [-0.05, 0) is 92.6 Å². The third-order valence-corrected chi connectivity index (χ3v) is 8.11. The number of aromatic nitrogens is 1. The molecular formula is C39H39N3O12. The van der Waals surface area contributed by atoms with Crippen molar-refractivity contribution in [1.29, 1.82) is 0 Å². The minimum absolute atomic E-state index is 0.0137. The summed E-state index contributed by atoms with van der Waals surface area (Å²) in [5.74, 6) is 0.427. The number of fused-ring (bicyclic) bond motifs is 1. The second-order valence-corrected chi connectivity index (χ2v) is 12.7. The predicted octanol–water partition coefficient (Wildman–Crippen LogP) is 7.31. The lowest BCUT2D eigenvalue weighted by Gasteiger charge is -2.22. The Kier molecular flexibility index (Phi) is 11.3. The Bertz CT molecular complexity index is 2250. The summed E-state index contributed by atoms with van der Waals surface area (Å²) in [6, 6.07) is 18.4. The number of amides is 1. The number of anilines is 1. The molecule has 0 radical (unpaired) electrons. The number of esters is 1. The molecule has 54 heavy (non-hydrogen) atoms. The molecule has 15 heteroatoms. The summed E-state index contributed by atoms with van der Waals surface area (Å²) >= 11 is 0. The summed E-state index contributed by atoms with van der Waals surface area (Å²) in [5, 5.41) is 14.2. The Balaban J connectivity index is 1.79. The van der Waals surface area contributed by atoms with Gasteiger partial charge in [0.1, 0.15) is 17.9 Å². The van der Waals surface area contributed by atoms with Crippen molar-refractivity contribution in [3.05, 3.63) is 105 Å². The molecule has 282 valence electrons.